The summed E-state index contributed by atoms with van der Waals surface area (Å²) in [5, 5.41) is 9.03. The number of carboxylic acid groups (broad SMARTS) is 1. The van der Waals surface area contributed by atoms with Gasteiger partial charge in [0, 0.05) is 18.1 Å². The Morgan fingerprint density at radius 1 is 1.40 bits per heavy atom. The number of aromatic nitrogens is 2. The molecule has 0 spiro atoms. The Bertz CT molecular complexity index is 601. The van der Waals surface area contributed by atoms with Gasteiger partial charge < -0.3 is 14.4 Å². The molecule has 2 aromatic rings. The molecule has 1 saturated heterocycles. The van der Waals surface area contributed by atoms with Crippen LogP contribution in [0.15, 0.2) is 36.7 Å². The van der Waals surface area contributed by atoms with Gasteiger partial charge >= 0.3 is 5.97 Å². The fourth-order valence-corrected chi connectivity index (χ4v) is 2.66. The van der Waals surface area contributed by atoms with Crippen molar-refractivity contribution in [2.24, 2.45) is 0 Å². The number of carboxylic acids is 1. The number of ether oxygens (including phenoxy) is 1. The van der Waals surface area contributed by atoms with Crippen molar-refractivity contribution in [1.29, 1.82) is 0 Å². The van der Waals surface area contributed by atoms with E-state index in [-0.39, 0.29) is 12.5 Å². The monoisotopic (exact) mass is 272 g/mol. The molecule has 5 heteroatoms. The van der Waals surface area contributed by atoms with E-state index in [2.05, 4.69) is 4.98 Å². The molecule has 104 valence electrons. The van der Waals surface area contributed by atoms with Crippen LogP contribution in [-0.2, 0) is 16.1 Å². The highest BCUT2D eigenvalue weighted by molar-refractivity contribution is 5.68. The van der Waals surface area contributed by atoms with Gasteiger partial charge in [-0.1, -0.05) is 30.3 Å². The number of benzene rings is 1. The van der Waals surface area contributed by atoms with Crippen LogP contribution in [0.25, 0.3) is 11.3 Å². The second-order valence-corrected chi connectivity index (χ2v) is 4.93. The van der Waals surface area contributed by atoms with Gasteiger partial charge in [0.05, 0.1) is 24.3 Å². The Morgan fingerprint density at radius 3 is 2.85 bits per heavy atom. The molecular formula is C15H16N2O3. The van der Waals surface area contributed by atoms with Crippen molar-refractivity contribution in [2.75, 3.05) is 13.2 Å². The summed E-state index contributed by atoms with van der Waals surface area (Å²) in [6.07, 6.45) is 2.52. The van der Waals surface area contributed by atoms with E-state index in [1.54, 1.807) is 10.9 Å². The van der Waals surface area contributed by atoms with Crippen molar-refractivity contribution < 1.29 is 14.6 Å². The highest BCUT2D eigenvalue weighted by atomic mass is 16.5. The highest BCUT2D eigenvalue weighted by Crippen LogP contribution is 2.33. The van der Waals surface area contributed by atoms with Gasteiger partial charge in [-0.15, -0.1) is 0 Å². The topological polar surface area (TPSA) is 64.3 Å². The predicted molar refractivity (Wildman–Crippen MR) is 73.5 cm³/mol. The predicted octanol–water partition coefficient (Wildman–Crippen LogP) is 2.14. The maximum Gasteiger partial charge on any atom is 0.323 e. The molecule has 1 aliphatic heterocycles. The number of carbonyl (C=O) groups is 1. The van der Waals surface area contributed by atoms with Gasteiger partial charge in [0.25, 0.3) is 0 Å². The molecule has 1 aromatic heterocycles. The Labute approximate surface area is 116 Å². The maximum absolute atomic E-state index is 11.0. The lowest BCUT2D eigenvalue weighted by Crippen LogP contribution is -2.14. The maximum atomic E-state index is 11.0. The summed E-state index contributed by atoms with van der Waals surface area (Å²) in [4.78, 5) is 15.4. The van der Waals surface area contributed by atoms with Gasteiger partial charge in [-0.25, -0.2) is 4.98 Å². The summed E-state index contributed by atoms with van der Waals surface area (Å²) in [6, 6.07) is 9.86. The lowest BCUT2D eigenvalue weighted by Gasteiger charge is -2.13. The average molecular weight is 272 g/mol. The van der Waals surface area contributed by atoms with E-state index in [4.69, 9.17) is 9.84 Å². The van der Waals surface area contributed by atoms with Crippen molar-refractivity contribution in [1.82, 2.24) is 9.55 Å². The Morgan fingerprint density at radius 2 is 2.20 bits per heavy atom. The number of hydrogen-bond donors (Lipinski definition) is 1. The summed E-state index contributed by atoms with van der Waals surface area (Å²) in [7, 11) is 0. The molecule has 1 fully saturated rings. The largest absolute Gasteiger partial charge is 0.480 e. The summed E-state index contributed by atoms with van der Waals surface area (Å²) in [5.41, 5.74) is 2.84. The zero-order valence-corrected chi connectivity index (χ0v) is 11.0. The molecule has 0 aliphatic carbocycles. The van der Waals surface area contributed by atoms with Crippen LogP contribution in [0.2, 0.25) is 0 Å². The third-order valence-electron chi connectivity index (χ3n) is 3.55. The molecule has 0 bridgehead atoms. The number of aliphatic carboxylic acids is 1. The third kappa shape index (κ3) is 2.44. The summed E-state index contributed by atoms with van der Waals surface area (Å²) in [5.74, 6) is -0.644. The van der Waals surface area contributed by atoms with E-state index >= 15 is 0 Å². The molecule has 2 heterocycles. The lowest BCUT2D eigenvalue weighted by molar-refractivity contribution is -0.137. The fourth-order valence-electron chi connectivity index (χ4n) is 2.66. The van der Waals surface area contributed by atoms with Crippen LogP contribution in [0.4, 0.5) is 0 Å². The molecule has 1 N–H and O–H groups in total. The lowest BCUT2D eigenvalue weighted by atomic mass is 9.99. The normalized spacial score (nSPS) is 18.3. The van der Waals surface area contributed by atoms with Crippen LogP contribution >= 0.6 is 0 Å². The van der Waals surface area contributed by atoms with E-state index in [0.29, 0.717) is 6.61 Å². The second kappa shape index (κ2) is 5.46. The first kappa shape index (κ1) is 12.9. The molecule has 0 radical (unpaired) electrons. The minimum Gasteiger partial charge on any atom is -0.480 e. The van der Waals surface area contributed by atoms with Crippen LogP contribution in [0.5, 0.6) is 0 Å². The van der Waals surface area contributed by atoms with E-state index < -0.39 is 5.97 Å². The molecule has 5 nitrogen and oxygen atoms in total. The minimum atomic E-state index is -0.859. The summed E-state index contributed by atoms with van der Waals surface area (Å²) >= 11 is 0. The average Bonchev–Trinajstić information content (AvgIpc) is 3.07. The van der Waals surface area contributed by atoms with Gasteiger partial charge in [0.2, 0.25) is 0 Å². The molecule has 1 atom stereocenters. The SMILES string of the molecule is O=C(O)Cn1cnc(-c2ccccc2)c1[C@@H]1CCOC1. The van der Waals surface area contributed by atoms with Crippen LogP contribution in [0, 0.1) is 0 Å². The first-order chi connectivity index (χ1) is 9.75. The second-order valence-electron chi connectivity index (χ2n) is 4.93. The highest BCUT2D eigenvalue weighted by Gasteiger charge is 2.26. The van der Waals surface area contributed by atoms with E-state index in [1.165, 1.54) is 0 Å². The van der Waals surface area contributed by atoms with Crippen LogP contribution in [0.1, 0.15) is 18.0 Å². The van der Waals surface area contributed by atoms with Gasteiger partial charge in [-0.2, -0.15) is 0 Å². The number of rotatable bonds is 4. The molecule has 0 amide bonds. The van der Waals surface area contributed by atoms with E-state index in [1.807, 2.05) is 30.3 Å². The quantitative estimate of drug-likeness (QED) is 0.926. The molecular weight excluding hydrogens is 256 g/mol. The standard InChI is InChI=1S/C15H16N2O3/c18-13(19)8-17-10-16-14(11-4-2-1-3-5-11)15(17)12-6-7-20-9-12/h1-5,10,12H,6-9H2,(H,18,19)/t12-/m1/s1. The zero-order chi connectivity index (χ0) is 13.9. The molecule has 1 aliphatic rings. The van der Waals surface area contributed by atoms with Crippen molar-refractivity contribution in [2.45, 2.75) is 18.9 Å². The van der Waals surface area contributed by atoms with Crippen LogP contribution in [0.3, 0.4) is 0 Å². The van der Waals surface area contributed by atoms with Crippen LogP contribution in [-0.4, -0.2) is 33.8 Å². The molecule has 3 rings (SSSR count). The molecule has 0 saturated carbocycles. The Balaban J connectivity index is 2.05. The van der Waals surface area contributed by atoms with E-state index in [0.717, 1.165) is 30.0 Å². The first-order valence-corrected chi connectivity index (χ1v) is 6.65. The number of nitrogens with zero attached hydrogens (tertiary/aromatic N) is 2. The van der Waals surface area contributed by atoms with Gasteiger partial charge in [-0.3, -0.25) is 4.79 Å². The summed E-state index contributed by atoms with van der Waals surface area (Å²) in [6.45, 7) is 1.29. The Hall–Kier alpha value is -2.14. The number of hydrogen-bond acceptors (Lipinski definition) is 3. The van der Waals surface area contributed by atoms with Gasteiger partial charge in [0.1, 0.15) is 6.54 Å². The van der Waals surface area contributed by atoms with Crippen molar-refractivity contribution in [3.8, 4) is 11.3 Å². The van der Waals surface area contributed by atoms with Crippen molar-refractivity contribution in [3.05, 3.63) is 42.4 Å². The van der Waals surface area contributed by atoms with Gasteiger partial charge in [-0.05, 0) is 6.42 Å². The molecule has 1 aromatic carbocycles. The van der Waals surface area contributed by atoms with Crippen LogP contribution < -0.4 is 0 Å². The Kier molecular flexibility index (Phi) is 3.52. The zero-order valence-electron chi connectivity index (χ0n) is 11.0. The van der Waals surface area contributed by atoms with Crippen molar-refractivity contribution in [3.63, 3.8) is 0 Å². The number of imidazole rings is 1. The van der Waals surface area contributed by atoms with Gasteiger partial charge in [0.15, 0.2) is 0 Å². The minimum absolute atomic E-state index is 0.0638. The van der Waals surface area contributed by atoms with Crippen molar-refractivity contribution >= 4 is 5.97 Å². The fraction of sp³-hybridized carbons (Fsp3) is 0.333. The molecule has 0 unspecified atom stereocenters. The third-order valence-corrected chi connectivity index (χ3v) is 3.55. The first-order valence-electron chi connectivity index (χ1n) is 6.65. The van der Waals surface area contributed by atoms with E-state index in [9.17, 15) is 4.79 Å². The smallest absolute Gasteiger partial charge is 0.323 e. The summed E-state index contributed by atoms with van der Waals surface area (Å²) < 4.78 is 7.17. The molecule has 20 heavy (non-hydrogen) atoms.